The summed E-state index contributed by atoms with van der Waals surface area (Å²) in [6, 6.07) is 85.9. The minimum absolute atomic E-state index is 0.0125. The van der Waals surface area contributed by atoms with Gasteiger partial charge in [-0.15, -0.1) is 0 Å². The largest absolute Gasteiger partial charge is 0.460 e. The SMILES string of the molecule is Cc1ccccc1N1c2ccccc2B2C3=C(CC(c4cc5ccccc5o4)C=C3)N(c3cccc(-c4cc5ccccc5o4)c3)c3cc(N(c4ccc(C(C)(C)C)cc4)c4ccc5cc(-c6cc7ccccc7o6)ccc5c4)cc1c32. The van der Waals surface area contributed by atoms with Crippen LogP contribution in [0.2, 0.25) is 0 Å². The molecule has 10 aromatic carbocycles. The van der Waals surface area contributed by atoms with Crippen LogP contribution < -0.4 is 25.6 Å². The number of fused-ring (bicyclic) bond motifs is 7. The van der Waals surface area contributed by atoms with Crippen LogP contribution in [0.15, 0.2) is 273 Å². The zero-order chi connectivity index (χ0) is 54.8. The second-order valence-electron chi connectivity index (χ2n) is 23.3. The summed E-state index contributed by atoms with van der Waals surface area (Å²) in [4.78, 5) is 7.57. The molecule has 5 heterocycles. The van der Waals surface area contributed by atoms with Crippen molar-refractivity contribution >= 4 is 107 Å². The third kappa shape index (κ3) is 7.86. The number of nitrogens with zero attached hydrogens (tertiary/aromatic N) is 3. The normalized spacial score (nSPS) is 14.7. The highest BCUT2D eigenvalue weighted by Crippen LogP contribution is 2.52. The van der Waals surface area contributed by atoms with E-state index in [1.807, 2.05) is 24.3 Å². The minimum atomic E-state index is -0.0747. The summed E-state index contributed by atoms with van der Waals surface area (Å²) in [7, 11) is 0. The summed E-state index contributed by atoms with van der Waals surface area (Å²) >= 11 is 0. The Hall–Kier alpha value is -9.98. The average Bonchev–Trinajstić information content (AvgIpc) is 2.03. The summed E-state index contributed by atoms with van der Waals surface area (Å²) in [6.45, 7) is 9.01. The van der Waals surface area contributed by atoms with E-state index in [4.69, 9.17) is 13.3 Å². The fraction of sp³-hybridized carbons (Fsp3) is 0.0933. The Morgan fingerprint density at radius 3 is 1.76 bits per heavy atom. The summed E-state index contributed by atoms with van der Waals surface area (Å²) in [5, 5.41) is 5.55. The maximum Gasteiger partial charge on any atom is 0.251 e. The van der Waals surface area contributed by atoms with Gasteiger partial charge in [0.2, 0.25) is 0 Å². The van der Waals surface area contributed by atoms with Crippen molar-refractivity contribution in [2.24, 2.45) is 0 Å². The molecule has 0 fully saturated rings. The first-order valence-corrected chi connectivity index (χ1v) is 28.5. The topological polar surface area (TPSA) is 49.1 Å². The lowest BCUT2D eigenvalue weighted by Crippen LogP contribution is -2.56. The van der Waals surface area contributed by atoms with E-state index in [0.717, 1.165) is 118 Å². The number of allylic oxidation sites excluding steroid dienone is 4. The van der Waals surface area contributed by atoms with Gasteiger partial charge in [-0.1, -0.05) is 166 Å². The van der Waals surface area contributed by atoms with E-state index in [2.05, 4.69) is 267 Å². The minimum Gasteiger partial charge on any atom is -0.460 e. The van der Waals surface area contributed by atoms with Gasteiger partial charge < -0.3 is 28.0 Å². The van der Waals surface area contributed by atoms with Gasteiger partial charge in [0.25, 0.3) is 6.71 Å². The van der Waals surface area contributed by atoms with Crippen LogP contribution >= 0.6 is 0 Å². The molecule has 16 rings (SSSR count). The molecule has 3 aromatic heterocycles. The van der Waals surface area contributed by atoms with E-state index in [1.54, 1.807) is 0 Å². The van der Waals surface area contributed by atoms with Crippen LogP contribution in [0.5, 0.6) is 0 Å². The van der Waals surface area contributed by atoms with E-state index in [-0.39, 0.29) is 18.0 Å². The number of anilines is 8. The van der Waals surface area contributed by atoms with Crippen LogP contribution in [0.3, 0.4) is 0 Å². The van der Waals surface area contributed by atoms with Crippen LogP contribution in [-0.4, -0.2) is 6.71 Å². The maximum absolute atomic E-state index is 6.74. The predicted molar refractivity (Wildman–Crippen MR) is 341 cm³/mol. The fourth-order valence-electron chi connectivity index (χ4n) is 13.2. The van der Waals surface area contributed by atoms with Crippen LogP contribution in [0.25, 0.3) is 66.3 Å². The second kappa shape index (κ2) is 18.5. The molecule has 0 radical (unpaired) electrons. The molecule has 0 bridgehead atoms. The lowest BCUT2D eigenvalue weighted by molar-refractivity contribution is 0.519. The van der Waals surface area contributed by atoms with Crippen molar-refractivity contribution in [1.82, 2.24) is 0 Å². The van der Waals surface area contributed by atoms with E-state index in [9.17, 15) is 0 Å². The Bertz CT molecular complexity index is 4680. The molecule has 7 heteroatoms. The lowest BCUT2D eigenvalue weighted by Gasteiger charge is -2.47. The highest BCUT2D eigenvalue weighted by Gasteiger charge is 2.46. The van der Waals surface area contributed by atoms with Crippen LogP contribution in [-0.2, 0) is 5.41 Å². The fourth-order valence-corrected chi connectivity index (χ4v) is 13.2. The van der Waals surface area contributed by atoms with E-state index in [0.29, 0.717) is 0 Å². The number of rotatable bonds is 8. The highest BCUT2D eigenvalue weighted by atomic mass is 16.3. The molecule has 0 spiro atoms. The Morgan fingerprint density at radius 2 is 1.06 bits per heavy atom. The van der Waals surface area contributed by atoms with Crippen LogP contribution in [0, 0.1) is 6.92 Å². The van der Waals surface area contributed by atoms with Gasteiger partial charge in [-0.05, 0) is 154 Å². The smallest absolute Gasteiger partial charge is 0.251 e. The van der Waals surface area contributed by atoms with Gasteiger partial charge in [0.05, 0.1) is 5.69 Å². The average molecular weight is 1060 g/mol. The number of para-hydroxylation sites is 5. The molecule has 0 saturated heterocycles. The van der Waals surface area contributed by atoms with Gasteiger partial charge in [-0.2, -0.15) is 0 Å². The van der Waals surface area contributed by atoms with Crippen molar-refractivity contribution in [2.45, 2.75) is 45.4 Å². The summed E-state index contributed by atoms with van der Waals surface area (Å²) in [5.74, 6) is 2.64. The van der Waals surface area contributed by atoms with E-state index >= 15 is 0 Å². The first kappa shape index (κ1) is 48.0. The summed E-state index contributed by atoms with van der Waals surface area (Å²) in [6.07, 6.45) is 5.52. The zero-order valence-electron chi connectivity index (χ0n) is 46.1. The maximum atomic E-state index is 6.74. The Labute approximate surface area is 477 Å². The molecular weight excluding hydrogens is 1000 g/mol. The van der Waals surface area contributed by atoms with Gasteiger partial charge >= 0.3 is 0 Å². The number of furan rings is 3. The monoisotopic (exact) mass is 1060 g/mol. The molecule has 82 heavy (non-hydrogen) atoms. The van der Waals surface area contributed by atoms with E-state index < -0.39 is 0 Å². The van der Waals surface area contributed by atoms with Gasteiger partial charge in [-0.25, -0.2) is 0 Å². The molecule has 0 amide bonds. The molecule has 2 aliphatic heterocycles. The second-order valence-corrected chi connectivity index (χ2v) is 23.3. The summed E-state index contributed by atoms with van der Waals surface area (Å²) < 4.78 is 19.8. The first-order valence-electron chi connectivity index (χ1n) is 28.5. The molecule has 392 valence electrons. The van der Waals surface area contributed by atoms with Crippen molar-refractivity contribution in [3.8, 4) is 22.6 Å². The molecule has 1 atom stereocenters. The van der Waals surface area contributed by atoms with Crippen molar-refractivity contribution in [2.75, 3.05) is 14.7 Å². The quantitative estimate of drug-likeness (QED) is 0.141. The van der Waals surface area contributed by atoms with Crippen molar-refractivity contribution in [1.29, 1.82) is 0 Å². The standard InChI is InChI=1S/C75H56BN3O3/c1-47-16-5-10-23-63(47)79-64-24-11-9-22-61(64)76-62-37-31-55(73-44-53-19-8-14-27-70(53)82-73)41-65(62)78(58-21-15-20-50(40-58)71-42-51-17-6-12-25-68(51)80-71)66-45-60(46-67(79)74(66)76)77(57-35-32-56(33-36-57)75(2,3)4)59-34-30-48-38-54(29-28-49(48)39-59)72-43-52-18-7-13-26-69(52)81-72/h5-40,42-46,55H,41H2,1-4H3. The molecule has 3 aliphatic rings. The molecule has 1 aliphatic carbocycles. The molecule has 0 saturated carbocycles. The number of hydrogen-bond donors (Lipinski definition) is 0. The molecule has 6 nitrogen and oxygen atoms in total. The molecule has 0 N–H and O–H groups in total. The van der Waals surface area contributed by atoms with Gasteiger partial charge in [0, 0.05) is 85.1 Å². The molecule has 13 aromatic rings. The summed E-state index contributed by atoms with van der Waals surface area (Å²) in [5.41, 5.74) is 21.0. The first-order chi connectivity index (χ1) is 40.1. The lowest BCUT2D eigenvalue weighted by atomic mass is 9.32. The van der Waals surface area contributed by atoms with Crippen LogP contribution in [0.1, 0.15) is 50.0 Å². The number of hydrogen-bond acceptors (Lipinski definition) is 6. The van der Waals surface area contributed by atoms with Gasteiger partial charge in [-0.3, -0.25) is 0 Å². The molecule has 1 unspecified atom stereocenters. The highest BCUT2D eigenvalue weighted by molar-refractivity contribution is 6.95. The van der Waals surface area contributed by atoms with Gasteiger partial charge in [0.1, 0.15) is 34.0 Å². The van der Waals surface area contributed by atoms with Crippen molar-refractivity contribution < 1.29 is 13.3 Å². The Balaban J connectivity index is 0.950. The zero-order valence-corrected chi connectivity index (χ0v) is 46.1. The van der Waals surface area contributed by atoms with Crippen LogP contribution in [0.4, 0.5) is 45.5 Å². The van der Waals surface area contributed by atoms with Crippen molar-refractivity contribution in [3.63, 3.8) is 0 Å². The number of benzene rings is 10. The Morgan fingerprint density at radius 1 is 0.463 bits per heavy atom. The predicted octanol–water partition coefficient (Wildman–Crippen LogP) is 19.6. The molecular formula is C75H56BN3O3. The number of aryl methyl sites for hydroxylation is 1. The van der Waals surface area contributed by atoms with Crippen molar-refractivity contribution in [3.05, 3.63) is 277 Å². The Kier molecular flexibility index (Phi) is 10.9. The third-order valence-corrected chi connectivity index (χ3v) is 17.2. The third-order valence-electron chi connectivity index (χ3n) is 17.2. The van der Waals surface area contributed by atoms with E-state index in [1.165, 1.54) is 38.9 Å². The van der Waals surface area contributed by atoms with Gasteiger partial charge in [0.15, 0.2) is 0 Å².